The second kappa shape index (κ2) is 7.46. The number of anilines is 1. The number of hydrogen-bond acceptors (Lipinski definition) is 4. The van der Waals surface area contributed by atoms with Gasteiger partial charge in [0.15, 0.2) is 0 Å². The topological polar surface area (TPSA) is 84.1 Å². The van der Waals surface area contributed by atoms with Crippen LogP contribution in [0, 0.1) is 11.7 Å². The molecule has 0 bridgehead atoms. The van der Waals surface area contributed by atoms with Crippen LogP contribution in [0.4, 0.5) is 14.9 Å². The molecule has 7 heteroatoms. The Bertz CT molecular complexity index is 817. The lowest BCUT2D eigenvalue weighted by molar-refractivity contribution is 0.187. The molecule has 1 amide bonds. The number of halogens is 1. The van der Waals surface area contributed by atoms with Crippen LogP contribution in [0.5, 0.6) is 0 Å². The highest BCUT2D eigenvalue weighted by Gasteiger charge is 2.26. The molecule has 2 N–H and O–H groups in total. The highest BCUT2D eigenvalue weighted by molar-refractivity contribution is 5.84. The number of carbonyl (C=O) groups excluding carboxylic acids is 1. The maximum Gasteiger partial charge on any atom is 0.411 e. The minimum atomic E-state index is -0.749. The number of H-pyrrole nitrogens is 1. The third-order valence-corrected chi connectivity index (χ3v) is 4.44. The number of amides is 1. The maximum atomic E-state index is 14.0. The van der Waals surface area contributed by atoms with Crippen LogP contribution < -0.4 is 10.9 Å². The van der Waals surface area contributed by atoms with Gasteiger partial charge < -0.3 is 9.72 Å². The fourth-order valence-corrected chi connectivity index (χ4v) is 2.90. The molecule has 3 rings (SSSR count). The van der Waals surface area contributed by atoms with Gasteiger partial charge in [0.25, 0.3) is 5.56 Å². The average molecular weight is 345 g/mol. The Morgan fingerprint density at radius 3 is 2.96 bits per heavy atom. The normalized spacial score (nSPS) is 14.8. The third-order valence-electron chi connectivity index (χ3n) is 4.44. The van der Waals surface area contributed by atoms with Gasteiger partial charge in [0.05, 0.1) is 12.8 Å². The largest absolute Gasteiger partial charge is 0.453 e. The number of hydrogen-bond donors (Lipinski definition) is 2. The van der Waals surface area contributed by atoms with E-state index in [9.17, 15) is 14.0 Å². The SMILES string of the molecule is COC(=O)Nc1cc(C(CCC2CC2)c2ncc[nH]c2=O)ccc1F. The lowest BCUT2D eigenvalue weighted by Gasteiger charge is -2.17. The number of benzene rings is 1. The van der Waals surface area contributed by atoms with Crippen molar-refractivity contribution in [2.45, 2.75) is 31.6 Å². The van der Waals surface area contributed by atoms with Crippen molar-refractivity contribution in [3.63, 3.8) is 0 Å². The Hall–Kier alpha value is -2.70. The second-order valence-corrected chi connectivity index (χ2v) is 6.23. The molecule has 1 aromatic heterocycles. The van der Waals surface area contributed by atoms with E-state index in [-0.39, 0.29) is 17.2 Å². The Morgan fingerprint density at radius 2 is 2.28 bits per heavy atom. The number of nitrogens with one attached hydrogen (secondary N) is 2. The second-order valence-electron chi connectivity index (χ2n) is 6.23. The zero-order valence-electron chi connectivity index (χ0n) is 13.9. The van der Waals surface area contributed by atoms with Crippen molar-refractivity contribution >= 4 is 11.8 Å². The van der Waals surface area contributed by atoms with Crippen LogP contribution in [0.15, 0.2) is 35.4 Å². The number of aromatic nitrogens is 2. The quantitative estimate of drug-likeness (QED) is 0.840. The van der Waals surface area contributed by atoms with Gasteiger partial charge in [-0.3, -0.25) is 15.1 Å². The monoisotopic (exact) mass is 345 g/mol. The summed E-state index contributed by atoms with van der Waals surface area (Å²) in [7, 11) is 1.21. The Morgan fingerprint density at radius 1 is 1.48 bits per heavy atom. The van der Waals surface area contributed by atoms with Gasteiger partial charge in [-0.2, -0.15) is 0 Å². The first-order valence-corrected chi connectivity index (χ1v) is 8.26. The summed E-state index contributed by atoms with van der Waals surface area (Å²) in [6.45, 7) is 0. The van der Waals surface area contributed by atoms with Gasteiger partial charge in [0.2, 0.25) is 0 Å². The molecule has 0 radical (unpaired) electrons. The van der Waals surface area contributed by atoms with Gasteiger partial charge in [-0.25, -0.2) is 9.18 Å². The minimum absolute atomic E-state index is 0.0214. The van der Waals surface area contributed by atoms with Crippen molar-refractivity contribution in [3.05, 3.63) is 58.0 Å². The molecule has 0 spiro atoms. The molecule has 2 aromatic rings. The van der Waals surface area contributed by atoms with E-state index in [1.807, 2.05) is 0 Å². The van der Waals surface area contributed by atoms with Gasteiger partial charge in [-0.1, -0.05) is 18.9 Å². The zero-order valence-corrected chi connectivity index (χ0v) is 13.9. The van der Waals surface area contributed by atoms with Crippen LogP contribution in [0.1, 0.15) is 42.9 Å². The van der Waals surface area contributed by atoms with Crippen LogP contribution in [-0.4, -0.2) is 23.2 Å². The van der Waals surface area contributed by atoms with E-state index in [4.69, 9.17) is 0 Å². The number of aromatic amines is 1. The van der Waals surface area contributed by atoms with Gasteiger partial charge in [-0.05, 0) is 36.5 Å². The van der Waals surface area contributed by atoms with E-state index < -0.39 is 11.9 Å². The van der Waals surface area contributed by atoms with Crippen molar-refractivity contribution in [1.82, 2.24) is 9.97 Å². The molecule has 1 heterocycles. The summed E-state index contributed by atoms with van der Waals surface area (Å²) in [5, 5.41) is 2.36. The molecule has 1 saturated carbocycles. The van der Waals surface area contributed by atoms with Crippen LogP contribution >= 0.6 is 0 Å². The van der Waals surface area contributed by atoms with Crippen molar-refractivity contribution in [2.24, 2.45) is 5.92 Å². The number of ether oxygens (including phenoxy) is 1. The van der Waals surface area contributed by atoms with Gasteiger partial charge in [-0.15, -0.1) is 0 Å². The lowest BCUT2D eigenvalue weighted by atomic mass is 9.90. The molecule has 1 aliphatic carbocycles. The molecular weight excluding hydrogens is 325 g/mol. The summed E-state index contributed by atoms with van der Waals surface area (Å²) in [5.74, 6) is -0.132. The van der Waals surface area contributed by atoms with E-state index in [1.54, 1.807) is 6.07 Å². The number of carbonyl (C=O) groups is 1. The Kier molecular flexibility index (Phi) is 5.11. The van der Waals surface area contributed by atoms with E-state index in [2.05, 4.69) is 20.0 Å². The zero-order chi connectivity index (χ0) is 17.8. The molecule has 1 atom stereocenters. The predicted molar refractivity (Wildman–Crippen MR) is 91.1 cm³/mol. The first-order valence-electron chi connectivity index (χ1n) is 8.26. The molecule has 1 fully saturated rings. The van der Waals surface area contributed by atoms with Gasteiger partial charge in [0.1, 0.15) is 11.5 Å². The Balaban J connectivity index is 1.94. The summed E-state index contributed by atoms with van der Waals surface area (Å²) in [6, 6.07) is 4.45. The third kappa shape index (κ3) is 4.23. The fourth-order valence-electron chi connectivity index (χ4n) is 2.90. The summed E-state index contributed by atoms with van der Waals surface area (Å²) >= 11 is 0. The smallest absolute Gasteiger partial charge is 0.411 e. The Labute approximate surface area is 144 Å². The number of methoxy groups -OCH3 is 1. The number of rotatable bonds is 6. The molecular formula is C18H20FN3O3. The summed E-state index contributed by atoms with van der Waals surface area (Å²) in [5.41, 5.74) is 0.902. The molecule has 0 saturated heterocycles. The summed E-state index contributed by atoms with van der Waals surface area (Å²) in [6.07, 6.45) is 6.43. The molecule has 25 heavy (non-hydrogen) atoms. The molecule has 0 aliphatic heterocycles. The van der Waals surface area contributed by atoms with Crippen LogP contribution in [0.25, 0.3) is 0 Å². The standard InChI is InChI=1S/C18H20FN3O3/c1-25-18(24)22-15-10-12(5-7-14(15)19)13(6-4-11-2-3-11)16-17(23)21-9-8-20-16/h5,7-11,13H,2-4,6H2,1H3,(H,21,23)(H,22,24). The van der Waals surface area contributed by atoms with E-state index in [0.717, 1.165) is 18.4 Å². The van der Waals surface area contributed by atoms with Crippen LogP contribution in [0.2, 0.25) is 0 Å². The fraction of sp³-hybridized carbons (Fsp3) is 0.389. The molecule has 6 nitrogen and oxygen atoms in total. The van der Waals surface area contributed by atoms with Crippen LogP contribution in [-0.2, 0) is 4.74 Å². The highest BCUT2D eigenvalue weighted by Crippen LogP contribution is 2.38. The first kappa shape index (κ1) is 17.1. The highest BCUT2D eigenvalue weighted by atomic mass is 19.1. The summed E-state index contributed by atoms with van der Waals surface area (Å²) < 4.78 is 18.5. The average Bonchev–Trinajstić information content (AvgIpc) is 3.43. The van der Waals surface area contributed by atoms with Crippen molar-refractivity contribution in [1.29, 1.82) is 0 Å². The maximum absolute atomic E-state index is 14.0. The van der Waals surface area contributed by atoms with E-state index in [1.165, 1.54) is 44.5 Å². The van der Waals surface area contributed by atoms with Crippen LogP contribution in [0.3, 0.4) is 0 Å². The lowest BCUT2D eigenvalue weighted by Crippen LogP contribution is -2.19. The van der Waals surface area contributed by atoms with Gasteiger partial charge in [0, 0.05) is 18.3 Å². The van der Waals surface area contributed by atoms with Gasteiger partial charge >= 0.3 is 6.09 Å². The molecule has 1 aliphatic rings. The van der Waals surface area contributed by atoms with E-state index in [0.29, 0.717) is 11.6 Å². The van der Waals surface area contributed by atoms with E-state index >= 15 is 0 Å². The predicted octanol–water partition coefficient (Wildman–Crippen LogP) is 3.41. The van der Waals surface area contributed by atoms with Crippen molar-refractivity contribution in [3.8, 4) is 0 Å². The molecule has 132 valence electrons. The first-order chi connectivity index (χ1) is 12.1. The minimum Gasteiger partial charge on any atom is -0.453 e. The van der Waals surface area contributed by atoms with Crippen molar-refractivity contribution < 1.29 is 13.9 Å². The van der Waals surface area contributed by atoms with Crippen molar-refractivity contribution in [2.75, 3.05) is 12.4 Å². The summed E-state index contributed by atoms with van der Waals surface area (Å²) in [4.78, 5) is 30.5. The molecule has 1 aromatic carbocycles. The number of nitrogens with zero attached hydrogens (tertiary/aromatic N) is 1. The molecule has 1 unspecified atom stereocenters.